The number of aliphatic hydroxyl groups excluding tert-OH is 1. The number of amides is 1. The lowest BCUT2D eigenvalue weighted by atomic mass is 10.1. The molecule has 7 nitrogen and oxygen atoms in total. The van der Waals surface area contributed by atoms with Gasteiger partial charge in [0.2, 0.25) is 11.9 Å². The van der Waals surface area contributed by atoms with Gasteiger partial charge in [0.15, 0.2) is 0 Å². The normalized spacial score (nSPS) is 16.3. The number of carbonyl (C=O) groups excluding carboxylic acids is 1. The van der Waals surface area contributed by atoms with Gasteiger partial charge >= 0.3 is 6.18 Å². The van der Waals surface area contributed by atoms with Crippen molar-refractivity contribution in [1.29, 1.82) is 0 Å². The number of hydrogen-bond acceptors (Lipinski definition) is 6. The molecule has 1 amide bonds. The van der Waals surface area contributed by atoms with Crippen molar-refractivity contribution >= 4 is 24.3 Å². The number of aliphatic hydroxyl groups is 1. The maximum absolute atomic E-state index is 13.1. The molecule has 0 radical (unpaired) electrons. The van der Waals surface area contributed by atoms with Gasteiger partial charge in [0.1, 0.15) is 5.69 Å². The Morgan fingerprint density at radius 2 is 1.85 bits per heavy atom. The molecule has 0 aromatic carbocycles. The monoisotopic (exact) mass is 411 g/mol. The van der Waals surface area contributed by atoms with Crippen molar-refractivity contribution in [3.63, 3.8) is 0 Å². The predicted octanol–water partition coefficient (Wildman–Crippen LogP) is 1.40. The Morgan fingerprint density at radius 1 is 1.26 bits per heavy atom. The summed E-state index contributed by atoms with van der Waals surface area (Å²) in [6.45, 7) is 4.84. The number of hydrogen-bond donors (Lipinski definition) is 2. The molecular formula is C16H25ClF3N5O2. The average Bonchev–Trinajstić information content (AvgIpc) is 2.60. The standard InChI is InChI=1S/C16H24F3N5O2.ClH/c1-10(2)12-8-13(16(17,18)19)22-15(21-12)24-5-3-23(4-6-24)14(26)7-11(25)9-20;/h8,10-11,25H,3-7,9,20H2,1-2H3;1H. The highest BCUT2D eigenvalue weighted by molar-refractivity contribution is 5.85. The van der Waals surface area contributed by atoms with Crippen LogP contribution in [0.2, 0.25) is 0 Å². The predicted molar refractivity (Wildman–Crippen MR) is 96.8 cm³/mol. The molecule has 11 heteroatoms. The third kappa shape index (κ3) is 6.18. The fraction of sp³-hybridized carbons (Fsp3) is 0.688. The summed E-state index contributed by atoms with van der Waals surface area (Å²) in [6, 6.07) is 0.974. The maximum Gasteiger partial charge on any atom is 0.433 e. The summed E-state index contributed by atoms with van der Waals surface area (Å²) in [4.78, 5) is 23.2. The van der Waals surface area contributed by atoms with E-state index in [1.54, 1.807) is 23.6 Å². The van der Waals surface area contributed by atoms with E-state index in [4.69, 9.17) is 5.73 Å². The van der Waals surface area contributed by atoms with Crippen molar-refractivity contribution in [2.75, 3.05) is 37.6 Å². The second-order valence-corrected chi connectivity index (χ2v) is 6.59. The van der Waals surface area contributed by atoms with Crippen molar-refractivity contribution < 1.29 is 23.1 Å². The lowest BCUT2D eigenvalue weighted by molar-refractivity contribution is -0.141. The van der Waals surface area contributed by atoms with Gasteiger partial charge < -0.3 is 20.6 Å². The van der Waals surface area contributed by atoms with Crippen LogP contribution < -0.4 is 10.6 Å². The third-order valence-electron chi connectivity index (χ3n) is 4.21. The Bertz CT molecular complexity index is 637. The van der Waals surface area contributed by atoms with E-state index in [2.05, 4.69) is 9.97 Å². The fourth-order valence-corrected chi connectivity index (χ4v) is 2.61. The molecule has 2 rings (SSSR count). The molecule has 1 aliphatic rings. The highest BCUT2D eigenvalue weighted by Gasteiger charge is 2.35. The van der Waals surface area contributed by atoms with Crippen LogP contribution in [0.15, 0.2) is 6.07 Å². The van der Waals surface area contributed by atoms with Gasteiger partial charge in [-0.1, -0.05) is 13.8 Å². The summed E-state index contributed by atoms with van der Waals surface area (Å²) < 4.78 is 39.3. The van der Waals surface area contributed by atoms with Gasteiger partial charge in [-0.15, -0.1) is 12.4 Å². The van der Waals surface area contributed by atoms with E-state index in [-0.39, 0.29) is 43.1 Å². The highest BCUT2D eigenvalue weighted by atomic mass is 35.5. The topological polar surface area (TPSA) is 95.6 Å². The van der Waals surface area contributed by atoms with Crippen LogP contribution in [0.4, 0.5) is 19.1 Å². The van der Waals surface area contributed by atoms with Gasteiger partial charge in [0.25, 0.3) is 0 Å². The quantitative estimate of drug-likeness (QED) is 0.760. The van der Waals surface area contributed by atoms with E-state index in [1.807, 2.05) is 0 Å². The summed E-state index contributed by atoms with van der Waals surface area (Å²) >= 11 is 0. The van der Waals surface area contributed by atoms with Crippen molar-refractivity contribution in [2.24, 2.45) is 5.73 Å². The molecule has 1 unspecified atom stereocenters. The van der Waals surface area contributed by atoms with Crippen molar-refractivity contribution in [1.82, 2.24) is 14.9 Å². The second kappa shape index (κ2) is 9.52. The number of anilines is 1. The first-order chi connectivity index (χ1) is 12.1. The number of nitrogens with two attached hydrogens (primary N) is 1. The van der Waals surface area contributed by atoms with E-state index in [0.717, 1.165) is 6.07 Å². The Morgan fingerprint density at radius 3 is 2.33 bits per heavy atom. The molecule has 1 fully saturated rings. The Balaban J connectivity index is 0.00000364. The van der Waals surface area contributed by atoms with Crippen LogP contribution in [0.5, 0.6) is 0 Å². The van der Waals surface area contributed by atoms with Crippen molar-refractivity contribution in [3.05, 3.63) is 17.5 Å². The molecule has 27 heavy (non-hydrogen) atoms. The minimum atomic E-state index is -4.54. The molecular weight excluding hydrogens is 387 g/mol. The summed E-state index contributed by atoms with van der Waals surface area (Å²) in [5.74, 6) is -0.369. The van der Waals surface area contributed by atoms with Crippen LogP contribution in [0.25, 0.3) is 0 Å². The molecule has 0 bridgehead atoms. The second-order valence-electron chi connectivity index (χ2n) is 6.59. The average molecular weight is 412 g/mol. The number of nitrogens with zero attached hydrogens (tertiary/aromatic N) is 4. The molecule has 154 valence electrons. The van der Waals surface area contributed by atoms with E-state index >= 15 is 0 Å². The van der Waals surface area contributed by atoms with Crippen LogP contribution in [-0.4, -0.2) is 64.7 Å². The van der Waals surface area contributed by atoms with E-state index in [0.29, 0.717) is 31.9 Å². The van der Waals surface area contributed by atoms with Gasteiger partial charge in [-0.2, -0.15) is 13.2 Å². The zero-order chi connectivity index (χ0) is 19.5. The van der Waals surface area contributed by atoms with Crippen LogP contribution in [0.3, 0.4) is 0 Å². The molecule has 2 heterocycles. The molecule has 1 atom stereocenters. The van der Waals surface area contributed by atoms with Gasteiger partial charge in [0.05, 0.1) is 12.5 Å². The minimum absolute atomic E-state index is 0. The van der Waals surface area contributed by atoms with Gasteiger partial charge in [-0.25, -0.2) is 9.97 Å². The zero-order valence-corrected chi connectivity index (χ0v) is 16.1. The zero-order valence-electron chi connectivity index (χ0n) is 15.2. The maximum atomic E-state index is 13.1. The van der Waals surface area contributed by atoms with E-state index in [9.17, 15) is 23.1 Å². The van der Waals surface area contributed by atoms with Crippen LogP contribution >= 0.6 is 12.4 Å². The molecule has 1 aliphatic heterocycles. The van der Waals surface area contributed by atoms with Crippen LogP contribution in [0, 0.1) is 0 Å². The summed E-state index contributed by atoms with van der Waals surface area (Å²) in [7, 11) is 0. The van der Waals surface area contributed by atoms with E-state index in [1.165, 1.54) is 0 Å². The molecule has 3 N–H and O–H groups in total. The molecule has 0 saturated carbocycles. The number of alkyl halides is 3. The number of rotatable bonds is 5. The molecule has 1 aromatic rings. The van der Waals surface area contributed by atoms with Crippen LogP contribution in [-0.2, 0) is 11.0 Å². The minimum Gasteiger partial charge on any atom is -0.391 e. The number of halogens is 4. The Hall–Kier alpha value is -1.65. The van der Waals surface area contributed by atoms with E-state index < -0.39 is 18.0 Å². The molecule has 1 aromatic heterocycles. The first kappa shape index (κ1) is 23.4. The van der Waals surface area contributed by atoms with Gasteiger partial charge in [0, 0.05) is 38.4 Å². The first-order valence-electron chi connectivity index (χ1n) is 8.48. The number of aromatic nitrogens is 2. The number of piperazine rings is 1. The Kier molecular flexibility index (Phi) is 8.24. The first-order valence-corrected chi connectivity index (χ1v) is 8.48. The van der Waals surface area contributed by atoms with Crippen molar-refractivity contribution in [2.45, 2.75) is 38.5 Å². The summed E-state index contributed by atoms with van der Waals surface area (Å²) in [6.07, 6.45) is -5.49. The van der Waals surface area contributed by atoms with Crippen molar-refractivity contribution in [3.8, 4) is 0 Å². The number of carbonyl (C=O) groups is 1. The Labute approximate surface area is 162 Å². The molecule has 1 saturated heterocycles. The third-order valence-corrected chi connectivity index (χ3v) is 4.21. The molecule has 0 spiro atoms. The highest BCUT2D eigenvalue weighted by Crippen LogP contribution is 2.30. The summed E-state index contributed by atoms with van der Waals surface area (Å²) in [5.41, 5.74) is 4.66. The molecule has 0 aliphatic carbocycles. The summed E-state index contributed by atoms with van der Waals surface area (Å²) in [5, 5.41) is 9.47. The van der Waals surface area contributed by atoms with Gasteiger partial charge in [-0.3, -0.25) is 4.79 Å². The lowest BCUT2D eigenvalue weighted by Gasteiger charge is -2.35. The largest absolute Gasteiger partial charge is 0.433 e. The lowest BCUT2D eigenvalue weighted by Crippen LogP contribution is -2.50. The fourth-order valence-electron chi connectivity index (χ4n) is 2.61. The smallest absolute Gasteiger partial charge is 0.391 e. The van der Waals surface area contributed by atoms with Gasteiger partial charge in [-0.05, 0) is 12.0 Å². The SMILES string of the molecule is CC(C)c1cc(C(F)(F)F)nc(N2CCN(C(=O)CC(O)CN)CC2)n1.Cl. The van der Waals surface area contributed by atoms with Crippen LogP contribution in [0.1, 0.15) is 37.6 Å².